The highest BCUT2D eigenvalue weighted by molar-refractivity contribution is 6.02. The SMILES string of the molecule is O=C(N1CCN(c2ccccc2)CC1)n1c2ccccc2c(=O)c2ccccc21. The molecule has 3 aromatic carbocycles. The molecule has 1 amide bonds. The van der Waals surface area contributed by atoms with Gasteiger partial charge >= 0.3 is 6.03 Å². The van der Waals surface area contributed by atoms with Crippen molar-refractivity contribution in [1.29, 1.82) is 0 Å². The van der Waals surface area contributed by atoms with Crippen molar-refractivity contribution in [2.24, 2.45) is 0 Å². The Morgan fingerprint density at radius 1 is 0.655 bits per heavy atom. The first kappa shape index (κ1) is 17.5. The lowest BCUT2D eigenvalue weighted by Crippen LogP contribution is -2.50. The van der Waals surface area contributed by atoms with Crippen molar-refractivity contribution in [1.82, 2.24) is 9.47 Å². The number of hydrogen-bond acceptors (Lipinski definition) is 3. The largest absolute Gasteiger partial charge is 0.368 e. The Kier molecular flexibility index (Phi) is 4.28. The zero-order valence-corrected chi connectivity index (χ0v) is 16.0. The average molecular weight is 383 g/mol. The smallest absolute Gasteiger partial charge is 0.329 e. The fourth-order valence-electron chi connectivity index (χ4n) is 4.14. The van der Waals surface area contributed by atoms with Gasteiger partial charge in [-0.05, 0) is 36.4 Å². The minimum absolute atomic E-state index is 0.0332. The highest BCUT2D eigenvalue weighted by Crippen LogP contribution is 2.21. The van der Waals surface area contributed by atoms with Gasteiger partial charge in [0.2, 0.25) is 0 Å². The van der Waals surface area contributed by atoms with E-state index in [0.717, 1.165) is 13.1 Å². The van der Waals surface area contributed by atoms with E-state index in [1.807, 2.05) is 59.5 Å². The van der Waals surface area contributed by atoms with Gasteiger partial charge in [-0.25, -0.2) is 4.79 Å². The molecule has 1 fully saturated rings. The van der Waals surface area contributed by atoms with Gasteiger partial charge in [0.25, 0.3) is 0 Å². The maximum absolute atomic E-state index is 13.6. The number of carbonyl (C=O) groups is 1. The van der Waals surface area contributed by atoms with Crippen molar-refractivity contribution in [2.75, 3.05) is 31.1 Å². The van der Waals surface area contributed by atoms with Crippen LogP contribution in [0, 0.1) is 0 Å². The molecule has 0 saturated carbocycles. The molecule has 1 saturated heterocycles. The second kappa shape index (κ2) is 7.09. The van der Waals surface area contributed by atoms with Gasteiger partial charge in [-0.15, -0.1) is 0 Å². The Bertz CT molecular complexity index is 1200. The molecule has 0 aliphatic carbocycles. The molecule has 0 radical (unpaired) electrons. The van der Waals surface area contributed by atoms with Crippen LogP contribution in [0.4, 0.5) is 10.5 Å². The van der Waals surface area contributed by atoms with Crippen molar-refractivity contribution >= 4 is 33.5 Å². The van der Waals surface area contributed by atoms with Gasteiger partial charge in [0.1, 0.15) is 0 Å². The van der Waals surface area contributed by atoms with Gasteiger partial charge in [-0.1, -0.05) is 42.5 Å². The van der Waals surface area contributed by atoms with Gasteiger partial charge in [0.05, 0.1) is 11.0 Å². The van der Waals surface area contributed by atoms with E-state index in [2.05, 4.69) is 17.0 Å². The maximum atomic E-state index is 13.6. The molecular weight excluding hydrogens is 362 g/mol. The first-order chi connectivity index (χ1) is 14.2. The summed E-state index contributed by atoms with van der Waals surface area (Å²) in [6.45, 7) is 2.85. The maximum Gasteiger partial charge on any atom is 0.329 e. The minimum Gasteiger partial charge on any atom is -0.368 e. The van der Waals surface area contributed by atoms with Crippen molar-refractivity contribution in [2.45, 2.75) is 0 Å². The van der Waals surface area contributed by atoms with Crippen LogP contribution >= 0.6 is 0 Å². The summed E-state index contributed by atoms with van der Waals surface area (Å²) in [6, 6.07) is 24.9. The van der Waals surface area contributed by atoms with Crippen molar-refractivity contribution in [3.63, 3.8) is 0 Å². The topological polar surface area (TPSA) is 45.6 Å². The Morgan fingerprint density at radius 3 is 1.76 bits per heavy atom. The minimum atomic E-state index is -0.0786. The molecule has 5 nitrogen and oxygen atoms in total. The van der Waals surface area contributed by atoms with Gasteiger partial charge in [0.15, 0.2) is 5.43 Å². The van der Waals surface area contributed by atoms with E-state index in [9.17, 15) is 9.59 Å². The molecule has 1 aliphatic rings. The first-order valence-electron chi connectivity index (χ1n) is 9.86. The molecule has 5 rings (SSSR count). The number of para-hydroxylation sites is 3. The average Bonchev–Trinajstić information content (AvgIpc) is 2.80. The summed E-state index contributed by atoms with van der Waals surface area (Å²) in [7, 11) is 0. The molecular formula is C24H21N3O2. The fourth-order valence-corrected chi connectivity index (χ4v) is 4.14. The van der Waals surface area contributed by atoms with Crippen molar-refractivity contribution in [3.05, 3.63) is 89.1 Å². The monoisotopic (exact) mass is 383 g/mol. The molecule has 0 bridgehead atoms. The zero-order valence-electron chi connectivity index (χ0n) is 16.0. The number of benzene rings is 3. The van der Waals surface area contributed by atoms with Gasteiger partial charge < -0.3 is 9.80 Å². The van der Waals surface area contributed by atoms with Gasteiger partial charge in [-0.2, -0.15) is 0 Å². The summed E-state index contributed by atoms with van der Waals surface area (Å²) in [5, 5.41) is 1.14. The van der Waals surface area contributed by atoms with Crippen LogP contribution in [0.3, 0.4) is 0 Å². The van der Waals surface area contributed by atoms with Crippen LogP contribution in [-0.2, 0) is 0 Å². The number of fused-ring (bicyclic) bond motifs is 2. The molecule has 1 aromatic heterocycles. The summed E-state index contributed by atoms with van der Waals surface area (Å²) in [5.41, 5.74) is 2.46. The van der Waals surface area contributed by atoms with Crippen LogP contribution in [0.1, 0.15) is 0 Å². The second-order valence-electron chi connectivity index (χ2n) is 7.29. The highest BCUT2D eigenvalue weighted by Gasteiger charge is 2.24. The van der Waals surface area contributed by atoms with Crippen molar-refractivity contribution < 1.29 is 4.79 Å². The molecule has 1 aliphatic heterocycles. The van der Waals surface area contributed by atoms with Crippen LogP contribution < -0.4 is 10.3 Å². The number of aromatic nitrogens is 1. The van der Waals surface area contributed by atoms with Crippen molar-refractivity contribution in [3.8, 4) is 0 Å². The normalized spacial score (nSPS) is 14.5. The van der Waals surface area contributed by atoms with Crippen LogP contribution in [0.25, 0.3) is 21.8 Å². The summed E-state index contributed by atoms with van der Waals surface area (Å²) in [6.07, 6.45) is 0. The Morgan fingerprint density at radius 2 is 1.17 bits per heavy atom. The highest BCUT2D eigenvalue weighted by atomic mass is 16.2. The summed E-state index contributed by atoms with van der Waals surface area (Å²) < 4.78 is 1.70. The number of pyridine rings is 1. The number of amides is 1. The molecule has 2 heterocycles. The van der Waals surface area contributed by atoms with E-state index in [0.29, 0.717) is 34.9 Å². The third-order valence-corrected chi connectivity index (χ3v) is 5.64. The van der Waals surface area contributed by atoms with Gasteiger partial charge in [0, 0.05) is 42.6 Å². The third kappa shape index (κ3) is 2.95. The predicted molar refractivity (Wildman–Crippen MR) is 117 cm³/mol. The quantitative estimate of drug-likeness (QED) is 0.468. The van der Waals surface area contributed by atoms with E-state index in [4.69, 9.17) is 0 Å². The van der Waals surface area contributed by atoms with Crippen LogP contribution in [-0.4, -0.2) is 41.7 Å². The van der Waals surface area contributed by atoms with Gasteiger partial charge in [-0.3, -0.25) is 9.36 Å². The van der Waals surface area contributed by atoms with E-state index >= 15 is 0 Å². The number of nitrogens with zero attached hydrogens (tertiary/aromatic N) is 3. The van der Waals surface area contributed by atoms with E-state index < -0.39 is 0 Å². The molecule has 5 heteroatoms. The summed E-state index contributed by atoms with van der Waals surface area (Å²) in [5.74, 6) is 0. The van der Waals surface area contributed by atoms with Crippen LogP contribution in [0.2, 0.25) is 0 Å². The Balaban J connectivity index is 1.53. The lowest BCUT2D eigenvalue weighted by atomic mass is 10.1. The first-order valence-corrected chi connectivity index (χ1v) is 9.86. The molecule has 4 aromatic rings. The zero-order chi connectivity index (χ0) is 19.8. The lowest BCUT2D eigenvalue weighted by Gasteiger charge is -2.36. The van der Waals surface area contributed by atoms with E-state index in [1.54, 1.807) is 16.7 Å². The number of piperazine rings is 1. The standard InChI is InChI=1S/C24H21N3O2/c28-23-19-10-4-6-12-21(19)27(22-13-7-5-11-20(22)23)24(29)26-16-14-25(15-17-26)18-8-2-1-3-9-18/h1-13H,14-17H2. The molecule has 29 heavy (non-hydrogen) atoms. The van der Waals surface area contributed by atoms with Crippen LogP contribution in [0.15, 0.2) is 83.7 Å². The summed E-state index contributed by atoms with van der Waals surface area (Å²) in [4.78, 5) is 30.6. The molecule has 0 spiro atoms. The second-order valence-corrected chi connectivity index (χ2v) is 7.29. The van der Waals surface area contributed by atoms with E-state index in [-0.39, 0.29) is 11.5 Å². The third-order valence-electron chi connectivity index (χ3n) is 5.64. The predicted octanol–water partition coefficient (Wildman–Crippen LogP) is 3.95. The number of hydrogen-bond donors (Lipinski definition) is 0. The molecule has 0 unspecified atom stereocenters. The number of anilines is 1. The number of rotatable bonds is 1. The Labute approximate surface area is 168 Å². The summed E-state index contributed by atoms with van der Waals surface area (Å²) >= 11 is 0. The molecule has 0 atom stereocenters. The molecule has 144 valence electrons. The molecule has 0 N–H and O–H groups in total. The lowest BCUT2D eigenvalue weighted by molar-refractivity contribution is 0.198. The number of carbonyl (C=O) groups excluding carboxylic acids is 1. The fraction of sp³-hybridized carbons (Fsp3) is 0.167. The van der Waals surface area contributed by atoms with E-state index in [1.165, 1.54) is 5.69 Å². The Hall–Kier alpha value is -3.60. The van der Waals surface area contributed by atoms with Crippen LogP contribution in [0.5, 0.6) is 0 Å².